The van der Waals surface area contributed by atoms with Crippen LogP contribution in [0.15, 0.2) is 54.7 Å². The lowest BCUT2D eigenvalue weighted by atomic mass is 10.2. The van der Waals surface area contributed by atoms with Crippen LogP contribution in [0, 0.1) is 0 Å². The van der Waals surface area contributed by atoms with Gasteiger partial charge in [0, 0.05) is 17.6 Å². The van der Waals surface area contributed by atoms with Crippen molar-refractivity contribution in [2.24, 2.45) is 0 Å². The van der Waals surface area contributed by atoms with Crippen molar-refractivity contribution in [3.8, 4) is 11.5 Å². The molecule has 0 saturated carbocycles. The zero-order chi connectivity index (χ0) is 24.8. The zero-order valence-corrected chi connectivity index (χ0v) is 19.7. The summed E-state index contributed by atoms with van der Waals surface area (Å²) in [4.78, 5) is 7.93. The van der Waals surface area contributed by atoms with Gasteiger partial charge in [0.2, 0.25) is 5.95 Å². The fourth-order valence-corrected chi connectivity index (χ4v) is 2.94. The molecule has 0 fully saturated rings. The van der Waals surface area contributed by atoms with Crippen LogP contribution in [0.1, 0.15) is 46.1 Å². The van der Waals surface area contributed by atoms with E-state index in [-0.39, 0.29) is 17.4 Å². The van der Waals surface area contributed by atoms with Crippen LogP contribution in [-0.2, 0) is 6.18 Å². The van der Waals surface area contributed by atoms with Gasteiger partial charge in [-0.1, -0.05) is 13.3 Å². The number of rotatable bonds is 9. The largest absolute Gasteiger partial charge is 0.494 e. The number of ether oxygens (including phenoxy) is 2. The second-order valence-corrected chi connectivity index (χ2v) is 8.67. The van der Waals surface area contributed by atoms with E-state index in [0.717, 1.165) is 19.0 Å². The number of benzene rings is 2. The molecule has 34 heavy (non-hydrogen) atoms. The van der Waals surface area contributed by atoms with Crippen LogP contribution in [0.25, 0.3) is 0 Å². The Balaban J connectivity index is 1.77. The predicted octanol–water partition coefficient (Wildman–Crippen LogP) is 7.34. The number of aromatic nitrogens is 2. The Morgan fingerprint density at radius 1 is 0.853 bits per heavy atom. The smallest absolute Gasteiger partial charge is 0.421 e. The van der Waals surface area contributed by atoms with Crippen LogP contribution >= 0.6 is 0 Å². The second kappa shape index (κ2) is 10.6. The highest BCUT2D eigenvalue weighted by Crippen LogP contribution is 2.35. The van der Waals surface area contributed by atoms with Crippen molar-refractivity contribution < 1.29 is 22.6 Å². The van der Waals surface area contributed by atoms with E-state index >= 15 is 0 Å². The molecule has 6 nitrogen and oxygen atoms in total. The molecule has 182 valence electrons. The van der Waals surface area contributed by atoms with E-state index in [1.54, 1.807) is 48.5 Å². The van der Waals surface area contributed by atoms with Gasteiger partial charge < -0.3 is 20.1 Å². The number of halogens is 3. The summed E-state index contributed by atoms with van der Waals surface area (Å²) in [5.41, 5.74) is -0.291. The van der Waals surface area contributed by atoms with Gasteiger partial charge in [-0.2, -0.15) is 18.2 Å². The lowest BCUT2D eigenvalue weighted by Crippen LogP contribution is -2.22. The highest BCUT2D eigenvalue weighted by Gasteiger charge is 2.35. The second-order valence-electron chi connectivity index (χ2n) is 8.67. The van der Waals surface area contributed by atoms with Crippen LogP contribution in [0.2, 0.25) is 0 Å². The molecule has 2 N–H and O–H groups in total. The van der Waals surface area contributed by atoms with Crippen molar-refractivity contribution in [2.75, 3.05) is 17.2 Å². The third-order valence-electron chi connectivity index (χ3n) is 4.51. The SMILES string of the molecule is CCCCOc1ccc(Nc2ncc(C(F)(F)F)c(Nc3ccc(OC(C)(C)C)cc3)n2)cc1. The van der Waals surface area contributed by atoms with Gasteiger partial charge in [0.15, 0.2) is 0 Å². The average molecular weight is 475 g/mol. The summed E-state index contributed by atoms with van der Waals surface area (Å²) in [5, 5.41) is 5.68. The van der Waals surface area contributed by atoms with E-state index in [2.05, 4.69) is 27.5 Å². The first kappa shape index (κ1) is 25.1. The molecule has 1 heterocycles. The standard InChI is InChI=1S/C25H29F3N4O2/c1-5-6-15-33-19-11-7-18(8-12-19)31-23-29-16-21(25(26,27)28)22(32-23)30-17-9-13-20(14-10-17)34-24(2,3)4/h7-14,16H,5-6,15H2,1-4H3,(H2,29,30,31,32). The number of hydrogen-bond donors (Lipinski definition) is 2. The molecule has 9 heteroatoms. The van der Waals surface area contributed by atoms with E-state index in [9.17, 15) is 13.2 Å². The molecule has 0 saturated heterocycles. The first-order valence-corrected chi connectivity index (χ1v) is 11.0. The first-order valence-electron chi connectivity index (χ1n) is 11.0. The van der Waals surface area contributed by atoms with Crippen LogP contribution in [0.5, 0.6) is 11.5 Å². The molecule has 0 aliphatic rings. The van der Waals surface area contributed by atoms with Crippen molar-refractivity contribution >= 4 is 23.1 Å². The molecule has 0 atom stereocenters. The number of nitrogens with one attached hydrogen (secondary N) is 2. The number of anilines is 4. The van der Waals surface area contributed by atoms with Gasteiger partial charge in [0.25, 0.3) is 0 Å². The fraction of sp³-hybridized carbons (Fsp3) is 0.360. The Kier molecular flexibility index (Phi) is 7.86. The van der Waals surface area contributed by atoms with Crippen LogP contribution in [0.3, 0.4) is 0 Å². The summed E-state index contributed by atoms with van der Waals surface area (Å²) in [6.07, 6.45) is -1.86. The molecule has 0 aliphatic heterocycles. The molecule has 0 aliphatic carbocycles. The van der Waals surface area contributed by atoms with Gasteiger partial charge in [0.05, 0.1) is 6.61 Å². The predicted molar refractivity (Wildman–Crippen MR) is 127 cm³/mol. The van der Waals surface area contributed by atoms with Crippen molar-refractivity contribution in [1.29, 1.82) is 0 Å². The Hall–Kier alpha value is -3.49. The minimum Gasteiger partial charge on any atom is -0.494 e. The molecular formula is C25H29F3N4O2. The summed E-state index contributed by atoms with van der Waals surface area (Å²) in [6.45, 7) is 8.45. The Morgan fingerprint density at radius 2 is 1.44 bits per heavy atom. The van der Waals surface area contributed by atoms with E-state index in [1.165, 1.54) is 0 Å². The molecule has 0 spiro atoms. The molecule has 3 rings (SSSR count). The van der Waals surface area contributed by atoms with Gasteiger partial charge in [-0.3, -0.25) is 0 Å². The quantitative estimate of drug-likeness (QED) is 0.316. The number of unbranched alkanes of at least 4 members (excludes halogenated alkanes) is 1. The van der Waals surface area contributed by atoms with Gasteiger partial charge >= 0.3 is 6.18 Å². The lowest BCUT2D eigenvalue weighted by molar-refractivity contribution is -0.137. The Bertz CT molecular complexity index is 1060. The van der Waals surface area contributed by atoms with E-state index < -0.39 is 11.7 Å². The third-order valence-corrected chi connectivity index (χ3v) is 4.51. The van der Waals surface area contributed by atoms with Gasteiger partial charge in [0.1, 0.15) is 28.5 Å². The van der Waals surface area contributed by atoms with Crippen molar-refractivity contribution in [2.45, 2.75) is 52.3 Å². The molecule has 3 aromatic rings. The third kappa shape index (κ3) is 7.54. The van der Waals surface area contributed by atoms with Crippen LogP contribution in [0.4, 0.5) is 36.3 Å². The van der Waals surface area contributed by atoms with Gasteiger partial charge in [-0.25, -0.2) is 4.98 Å². The molecule has 0 unspecified atom stereocenters. The van der Waals surface area contributed by atoms with Gasteiger partial charge in [-0.15, -0.1) is 0 Å². The van der Waals surface area contributed by atoms with Crippen molar-refractivity contribution in [1.82, 2.24) is 9.97 Å². The van der Waals surface area contributed by atoms with Crippen LogP contribution in [-0.4, -0.2) is 22.2 Å². The summed E-state index contributed by atoms with van der Waals surface area (Å²) >= 11 is 0. The summed E-state index contributed by atoms with van der Waals surface area (Å²) in [7, 11) is 0. The minimum absolute atomic E-state index is 0.0304. The van der Waals surface area contributed by atoms with Crippen molar-refractivity contribution in [3.63, 3.8) is 0 Å². The maximum absolute atomic E-state index is 13.6. The topological polar surface area (TPSA) is 68.3 Å². The van der Waals surface area contributed by atoms with E-state index in [1.807, 2.05) is 20.8 Å². The molecule has 1 aromatic heterocycles. The molecular weight excluding hydrogens is 445 g/mol. The molecule has 0 bridgehead atoms. The Morgan fingerprint density at radius 3 is 2.00 bits per heavy atom. The van der Waals surface area contributed by atoms with E-state index in [4.69, 9.17) is 9.47 Å². The maximum atomic E-state index is 13.6. The van der Waals surface area contributed by atoms with E-state index in [0.29, 0.717) is 29.5 Å². The highest BCUT2D eigenvalue weighted by atomic mass is 19.4. The summed E-state index contributed by atoms with van der Waals surface area (Å²) in [5.74, 6) is 1.01. The highest BCUT2D eigenvalue weighted by molar-refractivity contribution is 5.63. The summed E-state index contributed by atoms with van der Waals surface area (Å²) in [6, 6.07) is 13.7. The monoisotopic (exact) mass is 474 g/mol. The number of hydrogen-bond acceptors (Lipinski definition) is 6. The molecule has 0 amide bonds. The summed E-state index contributed by atoms with van der Waals surface area (Å²) < 4.78 is 52.0. The van der Waals surface area contributed by atoms with Crippen LogP contribution < -0.4 is 20.1 Å². The number of alkyl halides is 3. The zero-order valence-electron chi connectivity index (χ0n) is 19.7. The fourth-order valence-electron chi connectivity index (χ4n) is 2.94. The average Bonchev–Trinajstić information content (AvgIpc) is 2.75. The maximum Gasteiger partial charge on any atom is 0.421 e. The molecule has 0 radical (unpaired) electrons. The lowest BCUT2D eigenvalue weighted by Gasteiger charge is -2.21. The minimum atomic E-state index is -4.62. The normalized spacial score (nSPS) is 11.7. The molecule has 2 aromatic carbocycles. The van der Waals surface area contributed by atoms with Crippen molar-refractivity contribution in [3.05, 3.63) is 60.3 Å². The Labute approximate surface area is 197 Å². The first-order chi connectivity index (χ1) is 16.0. The van der Waals surface area contributed by atoms with Gasteiger partial charge in [-0.05, 0) is 75.7 Å². The number of nitrogens with zero attached hydrogens (tertiary/aromatic N) is 2.